The highest BCUT2D eigenvalue weighted by molar-refractivity contribution is 5.30. The molecule has 0 saturated carbocycles. The van der Waals surface area contributed by atoms with Crippen LogP contribution in [0.15, 0.2) is 49.1 Å². The molecule has 4 heterocycles. The zero-order chi connectivity index (χ0) is 18.1. The zero-order valence-electron chi connectivity index (χ0n) is 15.3. The number of piperazine rings is 1. The smallest absolute Gasteiger partial charge is 0.225 e. The Morgan fingerprint density at radius 1 is 0.889 bits per heavy atom. The fraction of sp³-hybridized carbons (Fsp3) is 0.400. The summed E-state index contributed by atoms with van der Waals surface area (Å²) >= 11 is 0. The topological polar surface area (TPSA) is 63.0 Å². The van der Waals surface area contributed by atoms with Gasteiger partial charge in [-0.2, -0.15) is 5.10 Å². The van der Waals surface area contributed by atoms with Gasteiger partial charge in [-0.05, 0) is 43.0 Å². The van der Waals surface area contributed by atoms with Gasteiger partial charge in [-0.15, -0.1) is 0 Å². The number of hydrogen-bond acceptors (Lipinski definition) is 6. The summed E-state index contributed by atoms with van der Waals surface area (Å²) in [5, 5.41) is 4.76. The van der Waals surface area contributed by atoms with Crippen molar-refractivity contribution in [3.8, 4) is 5.82 Å². The molecule has 0 bridgehead atoms. The molecule has 1 saturated heterocycles. The van der Waals surface area contributed by atoms with Crippen molar-refractivity contribution >= 4 is 5.95 Å². The van der Waals surface area contributed by atoms with E-state index in [0.29, 0.717) is 6.04 Å². The molecule has 7 nitrogen and oxygen atoms in total. The average molecular weight is 361 g/mol. The molecule has 7 heteroatoms. The lowest BCUT2D eigenvalue weighted by atomic mass is 9.92. The van der Waals surface area contributed by atoms with Gasteiger partial charge in [0.2, 0.25) is 5.95 Å². The molecular formula is C20H23N7. The average Bonchev–Trinajstić information content (AvgIpc) is 3.19. The van der Waals surface area contributed by atoms with Gasteiger partial charge < -0.3 is 4.90 Å². The minimum absolute atomic E-state index is 0.595. The van der Waals surface area contributed by atoms with Crippen molar-refractivity contribution in [1.82, 2.24) is 29.6 Å². The summed E-state index contributed by atoms with van der Waals surface area (Å²) in [6.07, 6.45) is 10.9. The SMILES string of the molecule is c1ccc(-n2cc3c(n2)CCC(N2CCN(c4ncccn4)CC2)C3)nc1. The van der Waals surface area contributed by atoms with E-state index in [1.54, 1.807) is 0 Å². The Bertz CT molecular complexity index is 885. The van der Waals surface area contributed by atoms with Crippen molar-refractivity contribution in [2.75, 3.05) is 31.1 Å². The van der Waals surface area contributed by atoms with Crippen LogP contribution in [0.1, 0.15) is 17.7 Å². The van der Waals surface area contributed by atoms with Crippen LogP contribution in [0.25, 0.3) is 5.82 Å². The number of hydrogen-bond donors (Lipinski definition) is 0. The summed E-state index contributed by atoms with van der Waals surface area (Å²) < 4.78 is 1.93. The monoisotopic (exact) mass is 361 g/mol. The van der Waals surface area contributed by atoms with Crippen LogP contribution in [0, 0.1) is 0 Å². The maximum atomic E-state index is 4.76. The predicted octanol–water partition coefficient (Wildman–Crippen LogP) is 1.74. The van der Waals surface area contributed by atoms with Crippen LogP contribution in [-0.4, -0.2) is 61.9 Å². The van der Waals surface area contributed by atoms with Crippen molar-refractivity contribution in [3.63, 3.8) is 0 Å². The fourth-order valence-corrected chi connectivity index (χ4v) is 4.15. The molecule has 0 spiro atoms. The first-order valence-electron chi connectivity index (χ1n) is 9.62. The van der Waals surface area contributed by atoms with E-state index in [2.05, 4.69) is 30.9 Å². The van der Waals surface area contributed by atoms with E-state index in [4.69, 9.17) is 5.10 Å². The van der Waals surface area contributed by atoms with Gasteiger partial charge in [0.25, 0.3) is 0 Å². The third-order valence-corrected chi connectivity index (χ3v) is 5.60. The largest absolute Gasteiger partial charge is 0.338 e. The Morgan fingerprint density at radius 2 is 1.70 bits per heavy atom. The van der Waals surface area contributed by atoms with E-state index in [1.807, 2.05) is 47.5 Å². The molecule has 0 N–H and O–H groups in total. The van der Waals surface area contributed by atoms with Crippen LogP contribution in [0.3, 0.4) is 0 Å². The van der Waals surface area contributed by atoms with Gasteiger partial charge in [0, 0.05) is 57.0 Å². The molecule has 1 fully saturated rings. The molecule has 5 rings (SSSR count). The van der Waals surface area contributed by atoms with Crippen molar-refractivity contribution in [1.29, 1.82) is 0 Å². The van der Waals surface area contributed by atoms with Gasteiger partial charge in [-0.25, -0.2) is 19.6 Å². The third kappa shape index (κ3) is 3.30. The highest BCUT2D eigenvalue weighted by Gasteiger charge is 2.29. The van der Waals surface area contributed by atoms with E-state index in [-0.39, 0.29) is 0 Å². The van der Waals surface area contributed by atoms with Crippen molar-refractivity contribution < 1.29 is 0 Å². The minimum atomic E-state index is 0.595. The minimum Gasteiger partial charge on any atom is -0.338 e. The quantitative estimate of drug-likeness (QED) is 0.708. The lowest BCUT2D eigenvalue weighted by Gasteiger charge is -2.40. The van der Waals surface area contributed by atoms with E-state index in [9.17, 15) is 0 Å². The van der Waals surface area contributed by atoms with Gasteiger partial charge in [-0.1, -0.05) is 6.07 Å². The van der Waals surface area contributed by atoms with Crippen LogP contribution in [-0.2, 0) is 12.8 Å². The molecule has 138 valence electrons. The zero-order valence-corrected chi connectivity index (χ0v) is 15.3. The number of pyridine rings is 1. The number of rotatable bonds is 3. The second-order valence-electron chi connectivity index (χ2n) is 7.20. The molecule has 1 unspecified atom stereocenters. The summed E-state index contributed by atoms with van der Waals surface area (Å²) in [6, 6.07) is 8.40. The Kier molecular flexibility index (Phi) is 4.29. The molecule has 2 aliphatic rings. The Labute approximate surface area is 158 Å². The van der Waals surface area contributed by atoms with Crippen LogP contribution >= 0.6 is 0 Å². The van der Waals surface area contributed by atoms with Crippen LogP contribution in [0.4, 0.5) is 5.95 Å². The maximum absolute atomic E-state index is 4.76. The highest BCUT2D eigenvalue weighted by atomic mass is 15.3. The van der Waals surface area contributed by atoms with Crippen molar-refractivity contribution in [3.05, 3.63) is 60.3 Å². The number of nitrogens with zero attached hydrogens (tertiary/aromatic N) is 7. The third-order valence-electron chi connectivity index (χ3n) is 5.60. The number of aromatic nitrogens is 5. The molecule has 0 aromatic carbocycles. The molecule has 1 atom stereocenters. The predicted molar refractivity (Wildman–Crippen MR) is 103 cm³/mol. The first-order valence-corrected chi connectivity index (χ1v) is 9.62. The molecule has 3 aromatic heterocycles. The van der Waals surface area contributed by atoms with Gasteiger partial charge in [0.1, 0.15) is 0 Å². The number of fused-ring (bicyclic) bond motifs is 1. The summed E-state index contributed by atoms with van der Waals surface area (Å²) in [6.45, 7) is 4.10. The molecule has 0 amide bonds. The van der Waals surface area contributed by atoms with E-state index >= 15 is 0 Å². The van der Waals surface area contributed by atoms with E-state index in [1.165, 1.54) is 17.7 Å². The summed E-state index contributed by atoms with van der Waals surface area (Å²) in [5.74, 6) is 1.74. The second kappa shape index (κ2) is 7.08. The van der Waals surface area contributed by atoms with E-state index in [0.717, 1.165) is 50.8 Å². The lowest BCUT2D eigenvalue weighted by Crippen LogP contribution is -2.52. The Morgan fingerprint density at radius 3 is 2.48 bits per heavy atom. The second-order valence-corrected chi connectivity index (χ2v) is 7.20. The lowest BCUT2D eigenvalue weighted by molar-refractivity contribution is 0.169. The van der Waals surface area contributed by atoms with Crippen molar-refractivity contribution in [2.45, 2.75) is 25.3 Å². The van der Waals surface area contributed by atoms with Gasteiger partial charge >= 0.3 is 0 Å². The number of anilines is 1. The Hall–Kier alpha value is -2.80. The van der Waals surface area contributed by atoms with E-state index < -0.39 is 0 Å². The molecular weight excluding hydrogens is 338 g/mol. The molecule has 27 heavy (non-hydrogen) atoms. The maximum Gasteiger partial charge on any atom is 0.225 e. The van der Waals surface area contributed by atoms with Gasteiger partial charge in [0.15, 0.2) is 5.82 Å². The van der Waals surface area contributed by atoms with Crippen LogP contribution in [0.5, 0.6) is 0 Å². The van der Waals surface area contributed by atoms with Crippen LogP contribution < -0.4 is 4.90 Å². The normalized spacial score (nSPS) is 20.4. The number of aryl methyl sites for hydroxylation is 1. The summed E-state index contributed by atoms with van der Waals surface area (Å²) in [5.41, 5.74) is 2.60. The first-order chi connectivity index (χ1) is 13.4. The molecule has 0 radical (unpaired) electrons. The Balaban J connectivity index is 1.25. The van der Waals surface area contributed by atoms with Crippen LogP contribution in [0.2, 0.25) is 0 Å². The summed E-state index contributed by atoms with van der Waals surface area (Å²) in [4.78, 5) is 18.1. The summed E-state index contributed by atoms with van der Waals surface area (Å²) in [7, 11) is 0. The molecule has 3 aromatic rings. The van der Waals surface area contributed by atoms with Gasteiger partial charge in [0.05, 0.1) is 5.69 Å². The van der Waals surface area contributed by atoms with Crippen molar-refractivity contribution in [2.24, 2.45) is 0 Å². The fourth-order valence-electron chi connectivity index (χ4n) is 4.15. The first kappa shape index (κ1) is 16.4. The molecule has 1 aliphatic heterocycles. The molecule has 1 aliphatic carbocycles. The highest BCUT2D eigenvalue weighted by Crippen LogP contribution is 2.25. The van der Waals surface area contributed by atoms with Gasteiger partial charge in [-0.3, -0.25) is 4.90 Å². The standard InChI is InChI=1S/C20H23N7/c1-2-7-21-19(4-1)27-15-16-14-17(5-6-18(16)24-27)25-10-12-26(13-11-25)20-22-8-3-9-23-20/h1-4,7-9,15,17H,5-6,10-14H2.